The van der Waals surface area contributed by atoms with Gasteiger partial charge in [0.15, 0.2) is 5.60 Å². The molecule has 1 aliphatic carbocycles. The van der Waals surface area contributed by atoms with Crippen LogP contribution in [0.1, 0.15) is 61.8 Å². The maximum Gasteiger partial charge on any atom is 0.341 e. The van der Waals surface area contributed by atoms with Gasteiger partial charge in [0.05, 0.1) is 12.7 Å². The number of hydrogen-bond donors (Lipinski definition) is 0. The Morgan fingerprint density at radius 3 is 2.05 bits per heavy atom. The second-order valence-corrected chi connectivity index (χ2v) is 17.7. The van der Waals surface area contributed by atoms with E-state index in [1.807, 2.05) is 39.0 Å². The Bertz CT molecular complexity index is 1270. The van der Waals surface area contributed by atoms with Crippen molar-refractivity contribution in [2.24, 2.45) is 17.3 Å². The van der Waals surface area contributed by atoms with Crippen molar-refractivity contribution in [3.05, 3.63) is 84.0 Å². The zero-order chi connectivity index (χ0) is 29.3. The average Bonchev–Trinajstić information content (AvgIpc) is 3.24. The third kappa shape index (κ3) is 5.48. The van der Waals surface area contributed by atoms with Gasteiger partial charge in [-0.3, -0.25) is 0 Å². The molecule has 1 saturated heterocycles. The first-order valence-electron chi connectivity index (χ1n) is 14.2. The molecule has 1 heterocycles. The number of esters is 1. The van der Waals surface area contributed by atoms with Gasteiger partial charge in [0, 0.05) is 16.9 Å². The van der Waals surface area contributed by atoms with Gasteiger partial charge in [0.25, 0.3) is 8.32 Å². The fraction of sp³-hybridized carbons (Fsp3) is 0.471. The molecule has 0 aromatic heterocycles. The molecule has 1 spiro atoms. The molecule has 6 heteroatoms. The molecule has 2 aromatic carbocycles. The van der Waals surface area contributed by atoms with Crippen LogP contribution in [0.25, 0.3) is 0 Å². The standard InChI is InChI=1S/C34H43NO4Si/c1-24(22-35)19-27-20-26(25(2)21-34(27)30(36)38-31(39-34)32(3,4)5)23-37-40(33(6,7)8,28-15-11-9-12-16-28)29-17-13-10-14-18-29/h9-20,25,27,31H,21,23H2,1-8H3/b24-19+/t25-,27-,31+,34+/m1/s1. The molecule has 1 aliphatic heterocycles. The summed E-state index contributed by atoms with van der Waals surface area (Å²) in [6.07, 6.45) is 3.77. The minimum atomic E-state index is -2.74. The molecule has 40 heavy (non-hydrogen) atoms. The first-order valence-corrected chi connectivity index (χ1v) is 16.1. The molecule has 2 aromatic rings. The summed E-state index contributed by atoms with van der Waals surface area (Å²) in [6.45, 7) is 17.1. The molecule has 0 N–H and O–H groups in total. The summed E-state index contributed by atoms with van der Waals surface area (Å²) in [5.74, 6) is -0.757. The Hall–Kier alpha value is -2.98. The van der Waals surface area contributed by atoms with Crippen LogP contribution in [0.4, 0.5) is 0 Å². The smallest absolute Gasteiger partial charge is 0.341 e. The third-order valence-electron chi connectivity index (χ3n) is 8.24. The van der Waals surface area contributed by atoms with Gasteiger partial charge in [0.2, 0.25) is 6.29 Å². The lowest BCUT2D eigenvalue weighted by molar-refractivity contribution is -0.158. The fourth-order valence-electron chi connectivity index (χ4n) is 6.04. The summed E-state index contributed by atoms with van der Waals surface area (Å²) in [7, 11) is -2.74. The summed E-state index contributed by atoms with van der Waals surface area (Å²) >= 11 is 0. The summed E-state index contributed by atoms with van der Waals surface area (Å²) in [6, 6.07) is 23.4. The minimum absolute atomic E-state index is 0.0246. The van der Waals surface area contributed by atoms with Gasteiger partial charge in [-0.15, -0.1) is 0 Å². The first-order chi connectivity index (χ1) is 18.7. The Kier molecular flexibility index (Phi) is 8.34. The third-order valence-corrected chi connectivity index (χ3v) is 13.2. The number of rotatable bonds is 6. The van der Waals surface area contributed by atoms with E-state index in [2.05, 4.69) is 88.4 Å². The fourth-order valence-corrected chi connectivity index (χ4v) is 10.6. The maximum absolute atomic E-state index is 13.4. The number of cyclic esters (lactones) is 1. The lowest BCUT2D eigenvalue weighted by atomic mass is 9.71. The highest BCUT2D eigenvalue weighted by molar-refractivity contribution is 6.99. The number of carbonyl (C=O) groups excluding carboxylic acids is 1. The van der Waals surface area contributed by atoms with Crippen LogP contribution in [0.2, 0.25) is 5.04 Å². The van der Waals surface area contributed by atoms with Crippen molar-refractivity contribution in [1.29, 1.82) is 5.26 Å². The number of benzene rings is 2. The van der Waals surface area contributed by atoms with Crippen LogP contribution in [0.5, 0.6) is 0 Å². The minimum Gasteiger partial charge on any atom is -0.433 e. The highest BCUT2D eigenvalue weighted by Gasteiger charge is 2.59. The predicted octanol–water partition coefficient (Wildman–Crippen LogP) is 6.30. The molecule has 0 saturated carbocycles. The van der Waals surface area contributed by atoms with E-state index in [0.717, 1.165) is 5.57 Å². The van der Waals surface area contributed by atoms with Gasteiger partial charge < -0.3 is 13.9 Å². The van der Waals surface area contributed by atoms with Crippen molar-refractivity contribution in [2.75, 3.05) is 6.61 Å². The van der Waals surface area contributed by atoms with Crippen LogP contribution in [-0.4, -0.2) is 32.8 Å². The topological polar surface area (TPSA) is 68.6 Å². The van der Waals surface area contributed by atoms with E-state index >= 15 is 0 Å². The number of hydrogen-bond acceptors (Lipinski definition) is 5. The van der Waals surface area contributed by atoms with Crippen LogP contribution in [0.3, 0.4) is 0 Å². The monoisotopic (exact) mass is 557 g/mol. The van der Waals surface area contributed by atoms with Crippen molar-refractivity contribution in [1.82, 2.24) is 0 Å². The largest absolute Gasteiger partial charge is 0.433 e. The van der Waals surface area contributed by atoms with E-state index in [1.165, 1.54) is 10.4 Å². The normalized spacial score (nSPS) is 25.9. The van der Waals surface area contributed by atoms with Gasteiger partial charge >= 0.3 is 5.97 Å². The number of allylic oxidation sites excluding steroid dienone is 1. The second kappa shape index (κ2) is 11.1. The number of ether oxygens (including phenoxy) is 2. The second-order valence-electron chi connectivity index (χ2n) is 13.4. The summed E-state index contributed by atoms with van der Waals surface area (Å²) < 4.78 is 19.5. The molecular weight excluding hydrogens is 514 g/mol. The van der Waals surface area contributed by atoms with Crippen molar-refractivity contribution >= 4 is 24.7 Å². The quantitative estimate of drug-likeness (QED) is 0.180. The van der Waals surface area contributed by atoms with Crippen LogP contribution < -0.4 is 10.4 Å². The van der Waals surface area contributed by atoms with Crippen LogP contribution in [-0.2, 0) is 18.7 Å². The molecule has 0 bridgehead atoms. The van der Waals surface area contributed by atoms with Crippen molar-refractivity contribution < 1.29 is 18.7 Å². The summed E-state index contributed by atoms with van der Waals surface area (Å²) in [4.78, 5) is 13.4. The van der Waals surface area contributed by atoms with Crippen molar-refractivity contribution in [2.45, 2.75) is 78.7 Å². The lowest BCUT2D eigenvalue weighted by Crippen LogP contribution is -2.66. The SMILES string of the molecule is C/C(C#N)=C\[C@@H]1C=C(CO[Si](c2ccccc2)(c2ccccc2)C(C)(C)C)[C@H](C)C[C@]12O[C@@H](C(C)(C)C)OC2=O. The first kappa shape index (κ1) is 30.0. The van der Waals surface area contributed by atoms with E-state index in [-0.39, 0.29) is 22.3 Å². The van der Waals surface area contributed by atoms with Gasteiger partial charge in [-0.25, -0.2) is 4.79 Å². The zero-order valence-electron chi connectivity index (χ0n) is 25.2. The number of nitriles is 1. The summed E-state index contributed by atoms with van der Waals surface area (Å²) in [5.41, 5.74) is 0.132. The van der Waals surface area contributed by atoms with Gasteiger partial charge in [-0.05, 0) is 40.2 Å². The van der Waals surface area contributed by atoms with Gasteiger partial charge in [-0.1, -0.05) is 121 Å². The van der Waals surface area contributed by atoms with Crippen LogP contribution in [0.15, 0.2) is 84.0 Å². The number of nitrogens with zero attached hydrogens (tertiary/aromatic N) is 1. The van der Waals surface area contributed by atoms with Crippen LogP contribution in [0, 0.1) is 28.6 Å². The molecular formula is C34H43NO4Si. The average molecular weight is 558 g/mol. The zero-order valence-corrected chi connectivity index (χ0v) is 26.2. The molecule has 1 fully saturated rings. The summed E-state index contributed by atoms with van der Waals surface area (Å²) in [5, 5.41) is 11.9. The molecule has 4 atom stereocenters. The lowest BCUT2D eigenvalue weighted by Gasteiger charge is -2.44. The molecule has 5 nitrogen and oxygen atoms in total. The van der Waals surface area contributed by atoms with E-state index in [4.69, 9.17) is 13.9 Å². The predicted molar refractivity (Wildman–Crippen MR) is 161 cm³/mol. The molecule has 0 amide bonds. The molecule has 2 aliphatic rings. The van der Waals surface area contributed by atoms with E-state index < -0.39 is 26.1 Å². The number of carbonyl (C=O) groups is 1. The Labute approximate surface area is 241 Å². The van der Waals surface area contributed by atoms with Crippen molar-refractivity contribution in [3.63, 3.8) is 0 Å². The molecule has 4 rings (SSSR count). The highest BCUT2D eigenvalue weighted by Crippen LogP contribution is 2.48. The maximum atomic E-state index is 13.4. The van der Waals surface area contributed by atoms with Gasteiger partial charge in [-0.2, -0.15) is 5.26 Å². The van der Waals surface area contributed by atoms with E-state index in [1.54, 1.807) is 6.92 Å². The molecule has 212 valence electrons. The molecule has 0 radical (unpaired) electrons. The molecule has 0 unspecified atom stereocenters. The van der Waals surface area contributed by atoms with E-state index in [9.17, 15) is 10.1 Å². The van der Waals surface area contributed by atoms with E-state index in [0.29, 0.717) is 18.6 Å². The highest BCUT2D eigenvalue weighted by atomic mass is 28.4. The van der Waals surface area contributed by atoms with Crippen molar-refractivity contribution in [3.8, 4) is 6.07 Å². The van der Waals surface area contributed by atoms with Gasteiger partial charge in [0.1, 0.15) is 0 Å². The Balaban J connectivity index is 1.78. The Morgan fingerprint density at radius 2 is 1.60 bits per heavy atom. The Morgan fingerprint density at radius 1 is 1.05 bits per heavy atom. The van der Waals surface area contributed by atoms with Crippen LogP contribution >= 0.6 is 0 Å².